The molecule has 9 heteroatoms. The first-order valence-corrected chi connectivity index (χ1v) is 9.91. The molecule has 0 fully saturated rings. The largest absolute Gasteiger partial charge is 0.474 e. The molecule has 1 aliphatic heterocycles. The highest BCUT2D eigenvalue weighted by molar-refractivity contribution is 7.20. The lowest BCUT2D eigenvalue weighted by molar-refractivity contribution is 0.229. The van der Waals surface area contributed by atoms with Crippen LogP contribution in [0.15, 0.2) is 60.1 Å². The average molecular weight is 431 g/mol. The number of nitrogens with zero attached hydrogens (tertiary/aromatic N) is 4. The van der Waals surface area contributed by atoms with E-state index in [1.165, 1.54) is 36.1 Å². The summed E-state index contributed by atoms with van der Waals surface area (Å²) in [5, 5.41) is 5.79. The van der Waals surface area contributed by atoms with Crippen LogP contribution in [0.25, 0.3) is 10.1 Å². The van der Waals surface area contributed by atoms with Crippen LogP contribution in [0, 0.1) is 11.6 Å². The minimum Gasteiger partial charge on any atom is -0.474 e. The van der Waals surface area contributed by atoms with Gasteiger partial charge in [-0.3, -0.25) is 4.68 Å². The van der Waals surface area contributed by atoms with Crippen molar-refractivity contribution in [1.29, 1.82) is 0 Å². The Hall–Kier alpha value is -2.84. The van der Waals surface area contributed by atoms with Crippen molar-refractivity contribution in [3.8, 4) is 0 Å². The second-order valence-electron chi connectivity index (χ2n) is 6.78. The minimum absolute atomic E-state index is 0.125. The molecule has 0 aliphatic carbocycles. The van der Waals surface area contributed by atoms with Crippen molar-refractivity contribution in [2.75, 3.05) is 6.61 Å². The maximum atomic E-state index is 14.0. The molecule has 1 unspecified atom stereocenters. The van der Waals surface area contributed by atoms with Crippen molar-refractivity contribution in [1.82, 2.24) is 14.8 Å². The maximum absolute atomic E-state index is 14.0. The Balaban J connectivity index is 1.61. The Morgan fingerprint density at radius 2 is 1.97 bits per heavy atom. The Labute approximate surface area is 173 Å². The van der Waals surface area contributed by atoms with Crippen molar-refractivity contribution >= 4 is 38.9 Å². The number of halogens is 3. The normalized spacial score (nSPS) is 18.8. The van der Waals surface area contributed by atoms with Crippen LogP contribution in [0.1, 0.15) is 10.4 Å². The first-order valence-electron chi connectivity index (χ1n) is 8.72. The Kier molecular flexibility index (Phi) is 4.33. The van der Waals surface area contributed by atoms with Gasteiger partial charge in [0.25, 0.3) is 0 Å². The fourth-order valence-corrected chi connectivity index (χ4v) is 4.69. The van der Waals surface area contributed by atoms with Gasteiger partial charge in [-0.05, 0) is 41.3 Å². The number of rotatable bonds is 4. The molecular weight excluding hydrogens is 418 g/mol. The third-order valence-electron chi connectivity index (χ3n) is 4.75. The number of fused-ring (bicyclic) bond motifs is 1. The predicted octanol–water partition coefficient (Wildman–Crippen LogP) is 4.80. The van der Waals surface area contributed by atoms with Gasteiger partial charge < -0.3 is 4.74 Å². The van der Waals surface area contributed by atoms with Crippen molar-refractivity contribution in [2.24, 2.45) is 4.99 Å². The molecule has 1 atom stereocenters. The highest BCUT2D eigenvalue weighted by Gasteiger charge is 2.41. The number of hydrogen-bond donors (Lipinski definition) is 0. The van der Waals surface area contributed by atoms with Crippen LogP contribution >= 0.6 is 22.9 Å². The van der Waals surface area contributed by atoms with Gasteiger partial charge in [-0.25, -0.2) is 18.8 Å². The summed E-state index contributed by atoms with van der Waals surface area (Å²) in [7, 11) is 0. The molecule has 29 heavy (non-hydrogen) atoms. The predicted molar refractivity (Wildman–Crippen MR) is 107 cm³/mol. The fraction of sp³-hybridized carbons (Fsp3) is 0.150. The highest BCUT2D eigenvalue weighted by Crippen LogP contribution is 2.37. The lowest BCUT2D eigenvalue weighted by atomic mass is 9.91. The summed E-state index contributed by atoms with van der Waals surface area (Å²) >= 11 is 7.58. The maximum Gasteiger partial charge on any atom is 0.227 e. The van der Waals surface area contributed by atoms with E-state index in [9.17, 15) is 8.78 Å². The molecule has 0 radical (unpaired) electrons. The lowest BCUT2D eigenvalue weighted by Crippen LogP contribution is -2.32. The number of aliphatic imine (C=N–C) groups is 1. The number of hydrogen-bond acceptors (Lipinski definition) is 5. The van der Waals surface area contributed by atoms with Crippen molar-refractivity contribution in [3.05, 3.63) is 82.2 Å². The van der Waals surface area contributed by atoms with Crippen LogP contribution in [0.3, 0.4) is 0 Å². The van der Waals surface area contributed by atoms with Gasteiger partial charge in [-0.15, -0.1) is 11.3 Å². The van der Waals surface area contributed by atoms with Gasteiger partial charge in [-0.2, -0.15) is 5.10 Å². The van der Waals surface area contributed by atoms with E-state index in [1.807, 2.05) is 24.3 Å². The third kappa shape index (κ3) is 3.38. The van der Waals surface area contributed by atoms with Crippen LogP contribution in [0.5, 0.6) is 0 Å². The molecule has 0 spiro atoms. The fourth-order valence-electron chi connectivity index (χ4n) is 3.41. The average Bonchev–Trinajstić information content (AvgIpc) is 3.40. The van der Waals surface area contributed by atoms with E-state index >= 15 is 0 Å². The molecule has 4 aromatic rings. The Morgan fingerprint density at radius 1 is 1.14 bits per heavy atom. The van der Waals surface area contributed by atoms with Gasteiger partial charge >= 0.3 is 0 Å². The molecule has 0 saturated heterocycles. The first kappa shape index (κ1) is 18.2. The van der Waals surface area contributed by atoms with Crippen molar-refractivity contribution < 1.29 is 13.5 Å². The summed E-state index contributed by atoms with van der Waals surface area (Å²) in [5.41, 5.74) is -0.649. The van der Waals surface area contributed by atoms with Gasteiger partial charge in [-0.1, -0.05) is 17.7 Å². The zero-order chi connectivity index (χ0) is 20.0. The Morgan fingerprint density at radius 3 is 2.72 bits per heavy atom. The summed E-state index contributed by atoms with van der Waals surface area (Å²) in [6.45, 7) is 0.357. The quantitative estimate of drug-likeness (QED) is 0.467. The molecule has 5 nitrogen and oxygen atoms in total. The summed E-state index contributed by atoms with van der Waals surface area (Å²) < 4.78 is 36.4. The summed E-state index contributed by atoms with van der Waals surface area (Å²) in [4.78, 5) is 9.55. The summed E-state index contributed by atoms with van der Waals surface area (Å²) in [6, 6.07) is 11.0. The molecule has 5 rings (SSSR count). The molecule has 3 heterocycles. The number of benzene rings is 2. The summed E-state index contributed by atoms with van der Waals surface area (Å²) in [5.74, 6) is -0.914. The number of thiophene rings is 1. The lowest BCUT2D eigenvalue weighted by Gasteiger charge is -2.24. The van der Waals surface area contributed by atoms with E-state index in [1.54, 1.807) is 4.68 Å². The summed E-state index contributed by atoms with van der Waals surface area (Å²) in [6.07, 6.45) is 2.93. The van der Waals surface area contributed by atoms with Crippen LogP contribution in [-0.2, 0) is 16.8 Å². The van der Waals surface area contributed by atoms with Crippen LogP contribution < -0.4 is 0 Å². The van der Waals surface area contributed by atoms with E-state index in [-0.39, 0.29) is 13.2 Å². The molecule has 0 saturated carbocycles. The Bertz CT molecular complexity index is 1220. The third-order valence-corrected chi connectivity index (χ3v) is 6.07. The van der Waals surface area contributed by atoms with E-state index < -0.39 is 17.2 Å². The SMILES string of the molecule is Fc1cc(F)cc(C2(Cn3cncn3)COC(c3cc4ccc(Cl)cc4s3)=N2)c1. The molecule has 0 amide bonds. The number of aromatic nitrogens is 3. The van der Waals surface area contributed by atoms with E-state index in [0.717, 1.165) is 21.0 Å². The van der Waals surface area contributed by atoms with Crippen molar-refractivity contribution in [3.63, 3.8) is 0 Å². The first-order chi connectivity index (χ1) is 14.0. The highest BCUT2D eigenvalue weighted by atomic mass is 35.5. The van der Waals surface area contributed by atoms with Gasteiger partial charge in [0.15, 0.2) is 0 Å². The molecule has 0 N–H and O–H groups in total. The molecule has 2 aromatic carbocycles. The molecule has 2 aromatic heterocycles. The molecule has 146 valence electrons. The number of ether oxygens (including phenoxy) is 1. The minimum atomic E-state index is -1.03. The van der Waals surface area contributed by atoms with Crippen LogP contribution in [0.2, 0.25) is 5.02 Å². The van der Waals surface area contributed by atoms with E-state index in [4.69, 9.17) is 21.3 Å². The second kappa shape index (κ2) is 6.89. The molecule has 1 aliphatic rings. The topological polar surface area (TPSA) is 52.3 Å². The smallest absolute Gasteiger partial charge is 0.227 e. The van der Waals surface area contributed by atoms with Gasteiger partial charge in [0.05, 0.1) is 11.4 Å². The second-order valence-corrected chi connectivity index (χ2v) is 8.30. The van der Waals surface area contributed by atoms with Gasteiger partial charge in [0.2, 0.25) is 5.90 Å². The van der Waals surface area contributed by atoms with Crippen molar-refractivity contribution in [2.45, 2.75) is 12.1 Å². The van der Waals surface area contributed by atoms with Crippen LogP contribution in [-0.4, -0.2) is 27.3 Å². The van der Waals surface area contributed by atoms with Gasteiger partial charge in [0.1, 0.15) is 36.4 Å². The monoisotopic (exact) mass is 430 g/mol. The van der Waals surface area contributed by atoms with Crippen LogP contribution in [0.4, 0.5) is 8.78 Å². The van der Waals surface area contributed by atoms with Gasteiger partial charge in [0, 0.05) is 15.8 Å². The standard InChI is InChI=1S/C20H13ClF2N4OS/c21-14-2-1-12-3-18(29-17(12)6-14)19-26-20(9-28-19,8-27-11-24-10-25-27)13-4-15(22)7-16(23)5-13/h1-7,10-11H,8-9H2. The molecule has 0 bridgehead atoms. The zero-order valence-electron chi connectivity index (χ0n) is 14.8. The van der Waals surface area contributed by atoms with E-state index in [2.05, 4.69) is 10.1 Å². The zero-order valence-corrected chi connectivity index (χ0v) is 16.4. The van der Waals surface area contributed by atoms with E-state index in [0.29, 0.717) is 16.5 Å². The molecular formula is C20H13ClF2N4OS.